The van der Waals surface area contributed by atoms with Gasteiger partial charge in [-0.1, -0.05) is 6.07 Å². The molecule has 1 aromatic rings. The van der Waals surface area contributed by atoms with Crippen LogP contribution < -0.4 is 5.32 Å². The molecule has 1 N–H and O–H groups in total. The number of unbranched alkanes of at least 4 members (excludes halogenated alkanes) is 2. The van der Waals surface area contributed by atoms with E-state index in [4.69, 9.17) is 11.7 Å². The summed E-state index contributed by atoms with van der Waals surface area (Å²) in [6.45, 7) is 0.608. The van der Waals surface area contributed by atoms with E-state index in [0.717, 1.165) is 19.3 Å². The van der Waals surface area contributed by atoms with E-state index in [0.29, 0.717) is 17.7 Å². The number of carbonyl (C=O) groups excluding carboxylic acids is 1. The van der Waals surface area contributed by atoms with E-state index in [9.17, 15) is 4.79 Å². The number of nitriles is 1. The highest BCUT2D eigenvalue weighted by molar-refractivity contribution is 5.94. The van der Waals surface area contributed by atoms with Gasteiger partial charge in [-0.2, -0.15) is 5.26 Å². The Morgan fingerprint density at radius 2 is 2.24 bits per heavy atom. The first-order chi connectivity index (χ1) is 8.27. The lowest BCUT2D eigenvalue weighted by molar-refractivity contribution is 0.0953. The zero-order chi connectivity index (χ0) is 12.5. The number of nitrogens with one attached hydrogen (secondary N) is 1. The zero-order valence-corrected chi connectivity index (χ0v) is 9.57. The third-order valence-electron chi connectivity index (χ3n) is 2.29. The molecule has 1 amide bonds. The van der Waals surface area contributed by atoms with Gasteiger partial charge in [-0.05, 0) is 31.0 Å². The van der Waals surface area contributed by atoms with Crippen LogP contribution in [0.3, 0.4) is 0 Å². The summed E-state index contributed by atoms with van der Waals surface area (Å²) in [4.78, 5) is 11.7. The molecule has 1 rings (SSSR count). The van der Waals surface area contributed by atoms with Gasteiger partial charge in [0.2, 0.25) is 0 Å². The van der Waals surface area contributed by atoms with Gasteiger partial charge in [0, 0.05) is 18.5 Å². The van der Waals surface area contributed by atoms with Crippen LogP contribution in [0.25, 0.3) is 0 Å². The third-order valence-corrected chi connectivity index (χ3v) is 2.29. The van der Waals surface area contributed by atoms with Crippen LogP contribution in [0, 0.1) is 23.7 Å². The number of benzene rings is 1. The number of nitrogens with zero attached hydrogens (tertiary/aromatic N) is 1. The Labute approximate surface area is 101 Å². The average Bonchev–Trinajstić information content (AvgIpc) is 2.38. The van der Waals surface area contributed by atoms with Crippen LogP contribution in [0.5, 0.6) is 0 Å². The lowest BCUT2D eigenvalue weighted by Gasteiger charge is -2.04. The smallest absolute Gasteiger partial charge is 0.251 e. The molecular weight excluding hydrogens is 212 g/mol. The van der Waals surface area contributed by atoms with Crippen molar-refractivity contribution in [3.63, 3.8) is 0 Å². The molecule has 0 aliphatic heterocycles. The Morgan fingerprint density at radius 3 is 2.94 bits per heavy atom. The summed E-state index contributed by atoms with van der Waals surface area (Å²) < 4.78 is 0. The second-order valence-electron chi connectivity index (χ2n) is 3.61. The Morgan fingerprint density at radius 1 is 1.41 bits per heavy atom. The monoisotopic (exact) mass is 226 g/mol. The normalized spacial score (nSPS) is 9.06. The molecule has 0 heterocycles. The molecule has 0 spiro atoms. The zero-order valence-electron chi connectivity index (χ0n) is 9.57. The van der Waals surface area contributed by atoms with Gasteiger partial charge in [-0.25, -0.2) is 0 Å². The number of rotatable bonds is 5. The van der Waals surface area contributed by atoms with Crippen LogP contribution in [-0.2, 0) is 0 Å². The quantitative estimate of drug-likeness (QED) is 0.617. The molecule has 3 nitrogen and oxygen atoms in total. The second kappa shape index (κ2) is 7.09. The van der Waals surface area contributed by atoms with Crippen LogP contribution in [0.1, 0.15) is 35.2 Å². The summed E-state index contributed by atoms with van der Waals surface area (Å²) in [5.74, 6) is 2.40. The number of hydrogen-bond donors (Lipinski definition) is 1. The van der Waals surface area contributed by atoms with Gasteiger partial charge in [-0.15, -0.1) is 12.3 Å². The van der Waals surface area contributed by atoms with E-state index >= 15 is 0 Å². The maximum atomic E-state index is 11.7. The third kappa shape index (κ3) is 4.40. The molecule has 0 saturated carbocycles. The van der Waals surface area contributed by atoms with E-state index in [1.54, 1.807) is 24.3 Å². The topological polar surface area (TPSA) is 52.9 Å². The van der Waals surface area contributed by atoms with Crippen molar-refractivity contribution in [1.82, 2.24) is 5.32 Å². The summed E-state index contributed by atoms with van der Waals surface area (Å²) >= 11 is 0. The van der Waals surface area contributed by atoms with Gasteiger partial charge in [0.25, 0.3) is 5.91 Å². The highest BCUT2D eigenvalue weighted by Gasteiger charge is 2.04. The molecule has 0 bridgehead atoms. The van der Waals surface area contributed by atoms with Crippen molar-refractivity contribution in [2.24, 2.45) is 0 Å². The lowest BCUT2D eigenvalue weighted by Crippen LogP contribution is -2.24. The van der Waals surface area contributed by atoms with Crippen molar-refractivity contribution in [2.45, 2.75) is 19.3 Å². The van der Waals surface area contributed by atoms with Gasteiger partial charge < -0.3 is 5.32 Å². The van der Waals surface area contributed by atoms with Crippen molar-refractivity contribution in [3.05, 3.63) is 35.4 Å². The number of terminal acetylenes is 1. The van der Waals surface area contributed by atoms with Gasteiger partial charge in [0.1, 0.15) is 0 Å². The van der Waals surface area contributed by atoms with Gasteiger partial charge >= 0.3 is 0 Å². The SMILES string of the molecule is C#CCCCCNC(=O)c1cccc(C#N)c1. The van der Waals surface area contributed by atoms with Gasteiger partial charge in [0.15, 0.2) is 0 Å². The predicted octanol–water partition coefficient (Wildman–Crippen LogP) is 2.09. The van der Waals surface area contributed by atoms with E-state index < -0.39 is 0 Å². The lowest BCUT2D eigenvalue weighted by atomic mass is 10.1. The molecule has 86 valence electrons. The molecule has 0 aromatic heterocycles. The minimum absolute atomic E-state index is 0.150. The standard InChI is InChI=1S/C14H14N2O/c1-2-3-4-5-9-16-14(17)13-8-6-7-12(10-13)11-15/h1,6-8,10H,3-5,9H2,(H,16,17). The van der Waals surface area contributed by atoms with Crippen molar-refractivity contribution in [3.8, 4) is 18.4 Å². The molecule has 0 radical (unpaired) electrons. The molecule has 17 heavy (non-hydrogen) atoms. The largest absolute Gasteiger partial charge is 0.352 e. The van der Waals surface area contributed by atoms with Crippen LogP contribution >= 0.6 is 0 Å². The van der Waals surface area contributed by atoms with E-state index in [-0.39, 0.29) is 5.91 Å². The Balaban J connectivity index is 2.42. The number of carbonyl (C=O) groups is 1. The van der Waals surface area contributed by atoms with Crippen LogP contribution in [-0.4, -0.2) is 12.5 Å². The first-order valence-electron chi connectivity index (χ1n) is 5.49. The fourth-order valence-electron chi connectivity index (χ4n) is 1.39. The van der Waals surface area contributed by atoms with Crippen LogP contribution in [0.4, 0.5) is 0 Å². The molecule has 1 aromatic carbocycles. The fraction of sp³-hybridized carbons (Fsp3) is 0.286. The van der Waals surface area contributed by atoms with Gasteiger partial charge in [-0.3, -0.25) is 4.79 Å². The average molecular weight is 226 g/mol. The van der Waals surface area contributed by atoms with E-state index in [1.807, 2.05) is 6.07 Å². The Hall–Kier alpha value is -2.26. The molecule has 3 heteroatoms. The van der Waals surface area contributed by atoms with E-state index in [2.05, 4.69) is 11.2 Å². The van der Waals surface area contributed by atoms with Crippen LogP contribution in [0.15, 0.2) is 24.3 Å². The van der Waals surface area contributed by atoms with Crippen molar-refractivity contribution < 1.29 is 4.79 Å². The maximum Gasteiger partial charge on any atom is 0.251 e. The minimum Gasteiger partial charge on any atom is -0.352 e. The minimum atomic E-state index is -0.150. The Bertz CT molecular complexity index is 466. The molecule has 0 atom stereocenters. The first-order valence-corrected chi connectivity index (χ1v) is 5.49. The maximum absolute atomic E-state index is 11.7. The summed E-state index contributed by atoms with van der Waals surface area (Å²) in [5, 5.41) is 11.5. The fourth-order valence-corrected chi connectivity index (χ4v) is 1.39. The van der Waals surface area contributed by atoms with E-state index in [1.165, 1.54) is 0 Å². The van der Waals surface area contributed by atoms with Gasteiger partial charge in [0.05, 0.1) is 11.6 Å². The number of amides is 1. The van der Waals surface area contributed by atoms with Crippen molar-refractivity contribution in [2.75, 3.05) is 6.54 Å². The molecule has 0 saturated heterocycles. The highest BCUT2D eigenvalue weighted by Crippen LogP contribution is 2.04. The highest BCUT2D eigenvalue weighted by atomic mass is 16.1. The number of hydrogen-bond acceptors (Lipinski definition) is 2. The molecular formula is C14H14N2O. The molecule has 0 aliphatic rings. The molecule has 0 unspecified atom stereocenters. The summed E-state index contributed by atoms with van der Waals surface area (Å²) in [7, 11) is 0. The van der Waals surface area contributed by atoms with Crippen molar-refractivity contribution in [1.29, 1.82) is 5.26 Å². The first kappa shape index (κ1) is 12.8. The van der Waals surface area contributed by atoms with Crippen molar-refractivity contribution >= 4 is 5.91 Å². The molecule has 0 fully saturated rings. The summed E-state index contributed by atoms with van der Waals surface area (Å²) in [6.07, 6.45) is 7.64. The van der Waals surface area contributed by atoms with Crippen LogP contribution in [0.2, 0.25) is 0 Å². The predicted molar refractivity (Wildman–Crippen MR) is 66.2 cm³/mol. The summed E-state index contributed by atoms with van der Waals surface area (Å²) in [6, 6.07) is 8.65. The molecule has 0 aliphatic carbocycles. The second-order valence-corrected chi connectivity index (χ2v) is 3.61. The summed E-state index contributed by atoms with van der Waals surface area (Å²) in [5.41, 5.74) is 1.01. The Kier molecular flexibility index (Phi) is 5.34.